The fourth-order valence-corrected chi connectivity index (χ4v) is 3.38. The van der Waals surface area contributed by atoms with Crippen LogP contribution in [0, 0.1) is 5.92 Å². The van der Waals surface area contributed by atoms with Gasteiger partial charge in [0.15, 0.2) is 5.96 Å². The van der Waals surface area contributed by atoms with Crippen molar-refractivity contribution >= 4 is 11.9 Å². The van der Waals surface area contributed by atoms with E-state index >= 15 is 0 Å². The third-order valence-electron chi connectivity index (χ3n) is 5.02. The van der Waals surface area contributed by atoms with Gasteiger partial charge >= 0.3 is 5.97 Å². The van der Waals surface area contributed by atoms with Crippen molar-refractivity contribution in [1.82, 2.24) is 15.2 Å². The van der Waals surface area contributed by atoms with Gasteiger partial charge in [-0.1, -0.05) is 30.3 Å². The van der Waals surface area contributed by atoms with E-state index in [1.165, 1.54) is 7.11 Å². The highest BCUT2D eigenvalue weighted by Gasteiger charge is 2.26. The Morgan fingerprint density at radius 3 is 2.66 bits per heavy atom. The van der Waals surface area contributed by atoms with Crippen LogP contribution in [0.1, 0.15) is 24.0 Å². The number of aliphatic imine (C=N–C) groups is 1. The summed E-state index contributed by atoms with van der Waals surface area (Å²) in [6.07, 6.45) is 3.31. The quantitative estimate of drug-likeness (QED) is 0.460. The van der Waals surface area contributed by atoms with E-state index in [-0.39, 0.29) is 11.9 Å². The van der Waals surface area contributed by atoms with Crippen LogP contribution in [0.4, 0.5) is 0 Å². The Hall–Kier alpha value is -3.09. The smallest absolute Gasteiger partial charge is 0.308 e. The van der Waals surface area contributed by atoms with E-state index in [0.717, 1.165) is 43.0 Å². The Labute approximate surface area is 171 Å². The van der Waals surface area contributed by atoms with Crippen molar-refractivity contribution in [2.75, 3.05) is 27.2 Å². The molecule has 0 bridgehead atoms. The molecule has 0 amide bonds. The molecule has 1 aromatic heterocycles. The maximum Gasteiger partial charge on any atom is 0.308 e. The van der Waals surface area contributed by atoms with Gasteiger partial charge in [0, 0.05) is 38.9 Å². The molecule has 0 spiro atoms. The van der Waals surface area contributed by atoms with Crippen molar-refractivity contribution in [3.05, 3.63) is 59.8 Å². The molecule has 7 nitrogen and oxygen atoms in total. The number of guanidine groups is 1. The third kappa shape index (κ3) is 5.94. The van der Waals surface area contributed by atoms with Crippen LogP contribution < -0.4 is 10.1 Å². The number of piperidine rings is 1. The minimum atomic E-state index is -0.118. The Bertz CT molecular complexity index is 818. The number of nitrogens with zero attached hydrogens (tertiary/aromatic N) is 3. The van der Waals surface area contributed by atoms with Gasteiger partial charge in [-0.05, 0) is 30.0 Å². The summed E-state index contributed by atoms with van der Waals surface area (Å²) in [5, 5.41) is 3.39. The highest BCUT2D eigenvalue weighted by atomic mass is 16.5. The Morgan fingerprint density at radius 1 is 1.21 bits per heavy atom. The molecule has 7 heteroatoms. The second-order valence-corrected chi connectivity index (χ2v) is 6.96. The molecule has 2 heterocycles. The second-order valence-electron chi connectivity index (χ2n) is 6.96. The van der Waals surface area contributed by atoms with Gasteiger partial charge in [-0.15, -0.1) is 0 Å². The number of hydrogen-bond acceptors (Lipinski definition) is 5. The number of ether oxygens (including phenoxy) is 2. The summed E-state index contributed by atoms with van der Waals surface area (Å²) in [6, 6.07) is 13.9. The average molecular weight is 396 g/mol. The molecule has 3 rings (SSSR count). The van der Waals surface area contributed by atoms with Crippen LogP contribution in [-0.4, -0.2) is 49.1 Å². The first kappa shape index (κ1) is 20.6. The zero-order valence-corrected chi connectivity index (χ0v) is 17.0. The van der Waals surface area contributed by atoms with Crippen LogP contribution in [0.25, 0.3) is 0 Å². The topological polar surface area (TPSA) is 76.1 Å². The maximum absolute atomic E-state index is 11.7. The van der Waals surface area contributed by atoms with Gasteiger partial charge in [-0.2, -0.15) is 0 Å². The average Bonchev–Trinajstić information content (AvgIpc) is 2.79. The number of methoxy groups -OCH3 is 1. The number of carbonyl (C=O) groups excluding carboxylic acids is 1. The van der Waals surface area contributed by atoms with Crippen LogP contribution >= 0.6 is 0 Å². The predicted octanol–water partition coefficient (Wildman–Crippen LogP) is 2.62. The van der Waals surface area contributed by atoms with E-state index < -0.39 is 0 Å². The molecule has 1 saturated heterocycles. The van der Waals surface area contributed by atoms with Crippen LogP contribution in [-0.2, 0) is 22.7 Å². The summed E-state index contributed by atoms with van der Waals surface area (Å²) in [5.74, 6) is 1.30. The van der Waals surface area contributed by atoms with Crippen molar-refractivity contribution in [1.29, 1.82) is 0 Å². The van der Waals surface area contributed by atoms with Crippen molar-refractivity contribution in [3.8, 4) is 5.88 Å². The molecule has 1 aromatic carbocycles. The van der Waals surface area contributed by atoms with E-state index in [9.17, 15) is 4.79 Å². The maximum atomic E-state index is 11.7. The molecular formula is C22H28N4O3. The van der Waals surface area contributed by atoms with Gasteiger partial charge in [-0.25, -0.2) is 4.98 Å². The van der Waals surface area contributed by atoms with Crippen LogP contribution in [0.15, 0.2) is 53.7 Å². The third-order valence-corrected chi connectivity index (χ3v) is 5.02. The van der Waals surface area contributed by atoms with Crippen molar-refractivity contribution in [3.63, 3.8) is 0 Å². The van der Waals surface area contributed by atoms with E-state index in [1.807, 2.05) is 42.5 Å². The molecule has 154 valence electrons. The van der Waals surface area contributed by atoms with E-state index in [1.54, 1.807) is 13.2 Å². The highest BCUT2D eigenvalue weighted by Crippen LogP contribution is 2.18. The predicted molar refractivity (Wildman–Crippen MR) is 112 cm³/mol. The number of rotatable bonds is 6. The number of carbonyl (C=O) groups is 1. The largest absolute Gasteiger partial charge is 0.473 e. The Balaban J connectivity index is 1.50. The van der Waals surface area contributed by atoms with Gasteiger partial charge in [0.2, 0.25) is 5.88 Å². The van der Waals surface area contributed by atoms with Crippen molar-refractivity contribution in [2.24, 2.45) is 10.9 Å². The summed E-state index contributed by atoms with van der Waals surface area (Å²) in [4.78, 5) is 22.5. The monoisotopic (exact) mass is 396 g/mol. The van der Waals surface area contributed by atoms with Crippen molar-refractivity contribution < 1.29 is 14.3 Å². The molecule has 1 fully saturated rings. The molecule has 0 aliphatic carbocycles. The summed E-state index contributed by atoms with van der Waals surface area (Å²) in [7, 11) is 3.22. The van der Waals surface area contributed by atoms with Gasteiger partial charge in [-0.3, -0.25) is 9.79 Å². The summed E-state index contributed by atoms with van der Waals surface area (Å²) < 4.78 is 10.7. The number of pyridine rings is 1. The fourth-order valence-electron chi connectivity index (χ4n) is 3.38. The lowest BCUT2D eigenvalue weighted by atomic mass is 9.97. The normalized spacial score (nSPS) is 15.1. The summed E-state index contributed by atoms with van der Waals surface area (Å²) >= 11 is 0. The van der Waals surface area contributed by atoms with Crippen LogP contribution in [0.3, 0.4) is 0 Å². The van der Waals surface area contributed by atoms with Gasteiger partial charge in [0.1, 0.15) is 6.61 Å². The first-order chi connectivity index (χ1) is 14.2. The first-order valence-corrected chi connectivity index (χ1v) is 9.84. The summed E-state index contributed by atoms with van der Waals surface area (Å²) in [6.45, 7) is 2.66. The SMILES string of the molecule is CN=C(NCc1ccnc(OCc2ccccc2)c1)N1CCC(C(=O)OC)CC1. The van der Waals surface area contributed by atoms with Crippen LogP contribution in [0.5, 0.6) is 5.88 Å². The molecule has 0 radical (unpaired) electrons. The lowest BCUT2D eigenvalue weighted by molar-refractivity contribution is -0.146. The number of likely N-dealkylation sites (tertiary alicyclic amines) is 1. The number of nitrogens with one attached hydrogen (secondary N) is 1. The van der Waals surface area contributed by atoms with Crippen LogP contribution in [0.2, 0.25) is 0 Å². The standard InChI is InChI=1S/C22H28N4O3/c1-23-22(26-12-9-19(10-13-26)21(27)28-2)25-15-18-8-11-24-20(14-18)29-16-17-6-4-3-5-7-17/h3-8,11,14,19H,9-10,12-13,15-16H2,1-2H3,(H,23,25). The van der Waals surface area contributed by atoms with Gasteiger partial charge in [0.05, 0.1) is 13.0 Å². The Kier molecular flexibility index (Phi) is 7.44. The van der Waals surface area contributed by atoms with E-state index in [2.05, 4.69) is 20.2 Å². The highest BCUT2D eigenvalue weighted by molar-refractivity contribution is 5.80. The number of aromatic nitrogens is 1. The summed E-state index contributed by atoms with van der Waals surface area (Å²) in [5.41, 5.74) is 2.17. The lowest BCUT2D eigenvalue weighted by Crippen LogP contribution is -2.46. The zero-order chi connectivity index (χ0) is 20.5. The van der Waals surface area contributed by atoms with E-state index in [4.69, 9.17) is 9.47 Å². The fraction of sp³-hybridized carbons (Fsp3) is 0.409. The molecule has 1 aliphatic heterocycles. The van der Waals surface area contributed by atoms with E-state index in [0.29, 0.717) is 19.0 Å². The zero-order valence-electron chi connectivity index (χ0n) is 17.0. The second kappa shape index (κ2) is 10.5. The molecule has 29 heavy (non-hydrogen) atoms. The van der Waals surface area contributed by atoms with Crippen molar-refractivity contribution in [2.45, 2.75) is 26.0 Å². The number of benzene rings is 1. The molecule has 0 unspecified atom stereocenters. The number of hydrogen-bond donors (Lipinski definition) is 1. The molecule has 1 aliphatic rings. The molecule has 0 saturated carbocycles. The minimum absolute atomic E-state index is 0.0149. The lowest BCUT2D eigenvalue weighted by Gasteiger charge is -2.33. The Morgan fingerprint density at radius 2 is 1.97 bits per heavy atom. The van der Waals surface area contributed by atoms with Gasteiger partial charge in [0.25, 0.3) is 0 Å². The number of esters is 1. The minimum Gasteiger partial charge on any atom is -0.473 e. The molecular weight excluding hydrogens is 368 g/mol. The first-order valence-electron chi connectivity index (χ1n) is 9.84. The van der Waals surface area contributed by atoms with Gasteiger partial charge < -0.3 is 19.7 Å². The molecule has 0 atom stereocenters. The molecule has 1 N–H and O–H groups in total. The molecule has 2 aromatic rings.